The topological polar surface area (TPSA) is 74.7 Å². The molecule has 0 amide bonds. The molecule has 0 spiro atoms. The summed E-state index contributed by atoms with van der Waals surface area (Å²) in [5, 5.41) is 12.5. The Kier molecular flexibility index (Phi) is 3.70. The van der Waals surface area contributed by atoms with E-state index in [0.29, 0.717) is 16.5 Å². The van der Waals surface area contributed by atoms with Crippen LogP contribution in [-0.4, -0.2) is 4.98 Å². The van der Waals surface area contributed by atoms with Crippen LogP contribution in [0.15, 0.2) is 34.8 Å². The lowest BCUT2D eigenvalue weighted by Gasteiger charge is -2.09. The highest BCUT2D eigenvalue weighted by Gasteiger charge is 2.06. The van der Waals surface area contributed by atoms with Crippen molar-refractivity contribution in [3.05, 3.63) is 45.5 Å². The summed E-state index contributed by atoms with van der Waals surface area (Å²) < 4.78 is 0.740. The van der Waals surface area contributed by atoms with Gasteiger partial charge in [-0.1, -0.05) is 17.7 Å². The molecule has 2 rings (SSSR count). The zero-order valence-electron chi connectivity index (χ0n) is 9.11. The van der Waals surface area contributed by atoms with Gasteiger partial charge in [0.25, 0.3) is 0 Å². The number of aromatic nitrogens is 1. The smallest absolute Gasteiger partial charge is 0.165 e. The molecule has 0 saturated heterocycles. The second-order valence-corrected chi connectivity index (χ2v) is 4.67. The molecule has 90 valence electrons. The molecule has 0 atom stereocenters. The minimum absolute atomic E-state index is 0.193. The highest BCUT2D eigenvalue weighted by Crippen LogP contribution is 2.31. The molecule has 18 heavy (non-hydrogen) atoms. The Bertz CT molecular complexity index is 636. The number of halogens is 2. The number of hydrogen-bond acceptors (Lipinski definition) is 4. The van der Waals surface area contributed by atoms with Crippen molar-refractivity contribution < 1.29 is 0 Å². The number of rotatable bonds is 2. The van der Waals surface area contributed by atoms with Crippen molar-refractivity contribution >= 4 is 44.7 Å². The molecular formula is C12H8BrClN4. The van der Waals surface area contributed by atoms with Gasteiger partial charge in [-0.15, -0.1) is 0 Å². The molecule has 0 aliphatic heterocycles. The molecule has 0 bridgehead atoms. The molecule has 0 fully saturated rings. The molecule has 0 aliphatic carbocycles. The first kappa shape index (κ1) is 12.7. The molecule has 1 aromatic heterocycles. The van der Waals surface area contributed by atoms with E-state index in [1.165, 1.54) is 0 Å². The summed E-state index contributed by atoms with van der Waals surface area (Å²) in [5.41, 5.74) is 6.92. The van der Waals surface area contributed by atoms with E-state index in [1.54, 1.807) is 18.2 Å². The lowest BCUT2D eigenvalue weighted by molar-refractivity contribution is 1.26. The van der Waals surface area contributed by atoms with Crippen LogP contribution < -0.4 is 11.1 Å². The van der Waals surface area contributed by atoms with E-state index in [2.05, 4.69) is 26.2 Å². The van der Waals surface area contributed by atoms with Crippen LogP contribution in [0.5, 0.6) is 0 Å². The van der Waals surface area contributed by atoms with Crippen molar-refractivity contribution in [3.63, 3.8) is 0 Å². The van der Waals surface area contributed by atoms with Crippen LogP contribution in [0.4, 0.5) is 17.2 Å². The van der Waals surface area contributed by atoms with Gasteiger partial charge in [-0.2, -0.15) is 5.26 Å². The van der Waals surface area contributed by atoms with Crippen LogP contribution in [0.3, 0.4) is 0 Å². The van der Waals surface area contributed by atoms with Crippen molar-refractivity contribution in [2.75, 3.05) is 11.1 Å². The maximum Gasteiger partial charge on any atom is 0.165 e. The number of anilines is 3. The number of nitrogens with one attached hydrogen (secondary N) is 1. The molecular weight excluding hydrogens is 316 g/mol. The number of hydrogen-bond donors (Lipinski definition) is 2. The molecule has 2 aromatic rings. The minimum atomic E-state index is 0.193. The summed E-state index contributed by atoms with van der Waals surface area (Å²) in [6, 6.07) is 10.7. The predicted molar refractivity (Wildman–Crippen MR) is 75.8 cm³/mol. The average Bonchev–Trinajstić information content (AvgIpc) is 2.37. The zero-order chi connectivity index (χ0) is 13.1. The number of nitrogens with two attached hydrogens (primary N) is 1. The number of nitriles is 1. The van der Waals surface area contributed by atoms with Gasteiger partial charge in [0.2, 0.25) is 0 Å². The van der Waals surface area contributed by atoms with Crippen LogP contribution in [-0.2, 0) is 0 Å². The van der Waals surface area contributed by atoms with Crippen LogP contribution in [0, 0.1) is 11.3 Å². The van der Waals surface area contributed by atoms with E-state index in [0.717, 1.165) is 10.2 Å². The van der Waals surface area contributed by atoms with E-state index in [4.69, 9.17) is 22.6 Å². The largest absolute Gasteiger partial charge is 0.396 e. The number of benzene rings is 1. The highest BCUT2D eigenvalue weighted by molar-refractivity contribution is 9.10. The Morgan fingerprint density at radius 3 is 2.83 bits per heavy atom. The standard InChI is InChI=1S/C12H8BrClN4/c13-12-7(14)2-1-3-9(12)17-11-5-4-8(16)10(6-15)18-11/h1-5H,16H2,(H,17,18). The van der Waals surface area contributed by atoms with E-state index in [-0.39, 0.29) is 5.69 Å². The second kappa shape index (κ2) is 5.25. The molecule has 0 unspecified atom stereocenters. The molecule has 0 radical (unpaired) electrons. The fourth-order valence-corrected chi connectivity index (χ4v) is 1.91. The predicted octanol–water partition coefficient (Wildman–Crippen LogP) is 3.69. The third kappa shape index (κ3) is 2.55. The van der Waals surface area contributed by atoms with Gasteiger partial charge in [0.1, 0.15) is 11.9 Å². The molecule has 1 heterocycles. The lowest BCUT2D eigenvalue weighted by Crippen LogP contribution is -1.99. The van der Waals surface area contributed by atoms with Crippen LogP contribution in [0.25, 0.3) is 0 Å². The number of nitrogens with zero attached hydrogens (tertiary/aromatic N) is 2. The maximum atomic E-state index is 8.86. The van der Waals surface area contributed by atoms with E-state index in [1.807, 2.05) is 18.2 Å². The Labute approximate surface area is 118 Å². The summed E-state index contributed by atoms with van der Waals surface area (Å²) in [5.74, 6) is 0.531. The van der Waals surface area contributed by atoms with Gasteiger partial charge in [0, 0.05) is 0 Å². The monoisotopic (exact) mass is 322 g/mol. The van der Waals surface area contributed by atoms with Gasteiger partial charge in [0.05, 0.1) is 20.9 Å². The third-order valence-electron chi connectivity index (χ3n) is 2.25. The number of nitrogen functional groups attached to an aromatic ring is 1. The van der Waals surface area contributed by atoms with Crippen molar-refractivity contribution in [1.82, 2.24) is 4.98 Å². The highest BCUT2D eigenvalue weighted by atomic mass is 79.9. The average molecular weight is 324 g/mol. The Morgan fingerprint density at radius 1 is 1.33 bits per heavy atom. The fraction of sp³-hybridized carbons (Fsp3) is 0. The Balaban J connectivity index is 2.35. The van der Waals surface area contributed by atoms with Gasteiger partial charge in [0.15, 0.2) is 5.69 Å². The van der Waals surface area contributed by atoms with Gasteiger partial charge in [-0.25, -0.2) is 4.98 Å². The quantitative estimate of drug-likeness (QED) is 0.883. The van der Waals surface area contributed by atoms with Crippen LogP contribution in [0.1, 0.15) is 5.69 Å². The van der Waals surface area contributed by atoms with Gasteiger partial charge >= 0.3 is 0 Å². The molecule has 0 saturated carbocycles. The Hall–Kier alpha value is -1.77. The Morgan fingerprint density at radius 2 is 2.11 bits per heavy atom. The number of pyridine rings is 1. The molecule has 6 heteroatoms. The van der Waals surface area contributed by atoms with Gasteiger partial charge in [-0.05, 0) is 40.2 Å². The minimum Gasteiger partial charge on any atom is -0.396 e. The van der Waals surface area contributed by atoms with E-state index < -0.39 is 0 Å². The van der Waals surface area contributed by atoms with Crippen molar-refractivity contribution in [2.24, 2.45) is 0 Å². The first-order valence-electron chi connectivity index (χ1n) is 4.99. The summed E-state index contributed by atoms with van der Waals surface area (Å²) in [6.45, 7) is 0. The van der Waals surface area contributed by atoms with Crippen LogP contribution in [0.2, 0.25) is 5.02 Å². The molecule has 4 nitrogen and oxygen atoms in total. The van der Waals surface area contributed by atoms with Gasteiger partial charge in [-0.3, -0.25) is 0 Å². The summed E-state index contributed by atoms with van der Waals surface area (Å²) in [4.78, 5) is 4.10. The van der Waals surface area contributed by atoms with E-state index >= 15 is 0 Å². The lowest BCUT2D eigenvalue weighted by atomic mass is 10.3. The van der Waals surface area contributed by atoms with Crippen molar-refractivity contribution in [1.29, 1.82) is 5.26 Å². The van der Waals surface area contributed by atoms with E-state index in [9.17, 15) is 0 Å². The first-order chi connectivity index (χ1) is 8.61. The molecule has 0 aliphatic rings. The summed E-state index contributed by atoms with van der Waals surface area (Å²) >= 11 is 9.36. The van der Waals surface area contributed by atoms with Crippen molar-refractivity contribution in [2.45, 2.75) is 0 Å². The zero-order valence-corrected chi connectivity index (χ0v) is 11.5. The maximum absolute atomic E-state index is 8.86. The SMILES string of the molecule is N#Cc1nc(Nc2cccc(Cl)c2Br)ccc1N. The normalized spacial score (nSPS) is 9.83. The fourth-order valence-electron chi connectivity index (χ4n) is 1.37. The summed E-state index contributed by atoms with van der Waals surface area (Å²) in [6.07, 6.45) is 0. The molecule has 3 N–H and O–H groups in total. The second-order valence-electron chi connectivity index (χ2n) is 3.47. The van der Waals surface area contributed by atoms with Crippen LogP contribution >= 0.6 is 27.5 Å². The third-order valence-corrected chi connectivity index (χ3v) is 3.64. The molecule has 1 aromatic carbocycles. The first-order valence-corrected chi connectivity index (χ1v) is 6.16. The van der Waals surface area contributed by atoms with Gasteiger partial charge < -0.3 is 11.1 Å². The summed E-state index contributed by atoms with van der Waals surface area (Å²) in [7, 11) is 0. The van der Waals surface area contributed by atoms with Crippen molar-refractivity contribution in [3.8, 4) is 6.07 Å².